The average molecular weight is 538 g/mol. The Labute approximate surface area is 198 Å². The summed E-state index contributed by atoms with van der Waals surface area (Å²) in [7, 11) is 6.08. The third-order valence-electron chi connectivity index (χ3n) is 5.50. The molecule has 0 spiro atoms. The number of thiazole rings is 1. The quantitative estimate of drug-likeness (QED) is 0.206. The van der Waals surface area contributed by atoms with Crippen molar-refractivity contribution >= 4 is 41.3 Å². The van der Waals surface area contributed by atoms with Gasteiger partial charge in [-0.05, 0) is 46.7 Å². The molecule has 1 atom stereocenters. The lowest BCUT2D eigenvalue weighted by molar-refractivity contribution is 0.119. The first-order valence-electron chi connectivity index (χ1n) is 10.7. The van der Waals surface area contributed by atoms with Gasteiger partial charge in [-0.1, -0.05) is 19.3 Å². The number of aliphatic imine (C=N–C) groups is 1. The van der Waals surface area contributed by atoms with Crippen molar-refractivity contribution in [2.75, 3.05) is 40.8 Å². The minimum Gasteiger partial charge on any atom is -0.375 e. The van der Waals surface area contributed by atoms with Gasteiger partial charge in [-0.2, -0.15) is 0 Å². The lowest BCUT2D eigenvalue weighted by atomic mass is 9.94. The van der Waals surface area contributed by atoms with Gasteiger partial charge >= 0.3 is 0 Å². The van der Waals surface area contributed by atoms with Crippen molar-refractivity contribution in [2.24, 2.45) is 4.99 Å². The molecular weight excluding hydrogens is 497 g/mol. The van der Waals surface area contributed by atoms with Crippen molar-refractivity contribution in [2.45, 2.75) is 71.1 Å². The molecule has 0 aliphatic heterocycles. The molecule has 2 rings (SSSR count). The first-order valence-corrected chi connectivity index (χ1v) is 11.6. The normalized spacial score (nSPS) is 16.6. The number of aromatic nitrogens is 1. The minimum absolute atomic E-state index is 0. The number of methoxy groups -OCH3 is 1. The van der Waals surface area contributed by atoms with Gasteiger partial charge < -0.3 is 19.9 Å². The molecule has 0 bridgehead atoms. The highest BCUT2D eigenvalue weighted by molar-refractivity contribution is 14.0. The van der Waals surface area contributed by atoms with Gasteiger partial charge in [-0.25, -0.2) is 4.98 Å². The molecule has 1 aliphatic carbocycles. The zero-order chi connectivity index (χ0) is 20.4. The monoisotopic (exact) mass is 537 g/mol. The Morgan fingerprint density at radius 3 is 2.72 bits per heavy atom. The van der Waals surface area contributed by atoms with Crippen molar-refractivity contribution in [3.8, 4) is 0 Å². The second-order valence-electron chi connectivity index (χ2n) is 7.77. The Bertz CT molecular complexity index is 591. The summed E-state index contributed by atoms with van der Waals surface area (Å²) in [6.07, 6.45) is 8.07. The highest BCUT2D eigenvalue weighted by Gasteiger charge is 2.17. The Morgan fingerprint density at radius 1 is 1.34 bits per heavy atom. The summed E-state index contributed by atoms with van der Waals surface area (Å²) in [5.41, 5.74) is 1.06. The summed E-state index contributed by atoms with van der Waals surface area (Å²) in [6.45, 7) is 7.74. The summed E-state index contributed by atoms with van der Waals surface area (Å²) >= 11 is 1.66. The van der Waals surface area contributed by atoms with Gasteiger partial charge in [0.1, 0.15) is 11.1 Å². The van der Waals surface area contributed by atoms with Gasteiger partial charge in [0.15, 0.2) is 5.96 Å². The maximum atomic E-state index is 5.36. The number of rotatable bonds is 10. The van der Waals surface area contributed by atoms with Gasteiger partial charge in [0.05, 0.1) is 12.2 Å². The Kier molecular flexibility index (Phi) is 13.3. The van der Waals surface area contributed by atoms with Crippen molar-refractivity contribution in [1.29, 1.82) is 0 Å². The first-order chi connectivity index (χ1) is 13.5. The van der Waals surface area contributed by atoms with Crippen LogP contribution < -0.4 is 5.32 Å². The van der Waals surface area contributed by atoms with Gasteiger partial charge in [-0.15, -0.1) is 35.3 Å². The van der Waals surface area contributed by atoms with Crippen LogP contribution in [-0.2, 0) is 11.3 Å². The zero-order valence-electron chi connectivity index (χ0n) is 18.8. The third-order valence-corrected chi connectivity index (χ3v) is 6.55. The van der Waals surface area contributed by atoms with Gasteiger partial charge in [-0.3, -0.25) is 4.99 Å². The van der Waals surface area contributed by atoms with Crippen molar-refractivity contribution in [3.63, 3.8) is 0 Å². The molecule has 1 fully saturated rings. The fourth-order valence-corrected chi connectivity index (χ4v) is 4.52. The molecule has 1 saturated carbocycles. The molecule has 8 heteroatoms. The molecule has 6 nitrogen and oxygen atoms in total. The van der Waals surface area contributed by atoms with Crippen LogP contribution in [0, 0.1) is 0 Å². The van der Waals surface area contributed by atoms with E-state index in [1.54, 1.807) is 18.4 Å². The second kappa shape index (κ2) is 14.5. The zero-order valence-corrected chi connectivity index (χ0v) is 22.0. The van der Waals surface area contributed by atoms with E-state index in [1.807, 2.05) is 6.92 Å². The number of ether oxygens (including phenoxy) is 1. The fraction of sp³-hybridized carbons (Fsp3) is 0.810. The molecule has 1 aromatic rings. The molecule has 1 aromatic heterocycles. The summed E-state index contributed by atoms with van der Waals surface area (Å²) in [5.74, 6) is 0.956. The van der Waals surface area contributed by atoms with Crippen molar-refractivity contribution in [1.82, 2.24) is 20.1 Å². The standard InChI is InChI=1S/C21H39N5OS.HI/c1-6-22-21(23-13-10-14-25(3)19-11-8-7-9-12-19)26(4)15-18-16-28-20(24-18)17(2)27-5;/h16-17,19H,6-15H2,1-5H3,(H,22,23);1H. The molecule has 1 heterocycles. The van der Waals surface area contributed by atoms with E-state index in [0.29, 0.717) is 0 Å². The fourth-order valence-electron chi connectivity index (χ4n) is 3.68. The summed E-state index contributed by atoms with van der Waals surface area (Å²) < 4.78 is 5.36. The molecular formula is C21H40IN5OS. The van der Waals surface area contributed by atoms with E-state index in [1.165, 1.54) is 32.1 Å². The van der Waals surface area contributed by atoms with Crippen LogP contribution in [0.15, 0.2) is 10.4 Å². The van der Waals surface area contributed by atoms with E-state index in [9.17, 15) is 0 Å². The topological polar surface area (TPSA) is 53.0 Å². The molecule has 0 saturated heterocycles. The van der Waals surface area contributed by atoms with Crippen molar-refractivity contribution < 1.29 is 4.74 Å². The van der Waals surface area contributed by atoms with Gasteiger partial charge in [0, 0.05) is 38.7 Å². The van der Waals surface area contributed by atoms with Crippen LogP contribution in [-0.4, -0.2) is 67.6 Å². The van der Waals surface area contributed by atoms with E-state index in [2.05, 4.69) is 41.5 Å². The Morgan fingerprint density at radius 2 is 2.07 bits per heavy atom. The van der Waals surface area contributed by atoms with Crippen LogP contribution >= 0.6 is 35.3 Å². The van der Waals surface area contributed by atoms with E-state index in [4.69, 9.17) is 14.7 Å². The van der Waals surface area contributed by atoms with Crippen LogP contribution in [0.2, 0.25) is 0 Å². The number of halogens is 1. The van der Waals surface area contributed by atoms with Gasteiger partial charge in [0.25, 0.3) is 0 Å². The van der Waals surface area contributed by atoms with Crippen LogP contribution in [0.25, 0.3) is 0 Å². The number of nitrogens with zero attached hydrogens (tertiary/aromatic N) is 4. The van der Waals surface area contributed by atoms with E-state index in [-0.39, 0.29) is 30.1 Å². The number of hydrogen-bond donors (Lipinski definition) is 1. The van der Waals surface area contributed by atoms with E-state index < -0.39 is 0 Å². The van der Waals surface area contributed by atoms with E-state index >= 15 is 0 Å². The molecule has 1 N–H and O–H groups in total. The smallest absolute Gasteiger partial charge is 0.194 e. The number of guanidine groups is 1. The number of nitrogens with one attached hydrogen (secondary N) is 1. The summed E-state index contributed by atoms with van der Waals surface area (Å²) in [6, 6.07) is 0.780. The highest BCUT2D eigenvalue weighted by atomic mass is 127. The third kappa shape index (κ3) is 9.06. The molecule has 1 unspecified atom stereocenters. The van der Waals surface area contributed by atoms with Crippen LogP contribution in [0.4, 0.5) is 0 Å². The SMILES string of the molecule is CCNC(=NCCCN(C)C1CCCCC1)N(C)Cc1csc(C(C)OC)n1.I. The average Bonchev–Trinajstić information content (AvgIpc) is 3.18. The molecule has 29 heavy (non-hydrogen) atoms. The predicted molar refractivity (Wildman–Crippen MR) is 135 cm³/mol. The van der Waals surface area contributed by atoms with Crippen LogP contribution in [0.5, 0.6) is 0 Å². The summed E-state index contributed by atoms with van der Waals surface area (Å²) in [5, 5.41) is 6.55. The number of hydrogen-bond acceptors (Lipinski definition) is 5. The Balaban J connectivity index is 0.00000420. The van der Waals surface area contributed by atoms with Gasteiger partial charge in [0.2, 0.25) is 0 Å². The van der Waals surface area contributed by atoms with Crippen molar-refractivity contribution in [3.05, 3.63) is 16.1 Å². The van der Waals surface area contributed by atoms with Crippen LogP contribution in [0.1, 0.15) is 69.2 Å². The maximum absolute atomic E-state index is 5.36. The molecule has 0 aromatic carbocycles. The molecule has 1 aliphatic rings. The molecule has 0 amide bonds. The highest BCUT2D eigenvalue weighted by Crippen LogP contribution is 2.22. The second-order valence-corrected chi connectivity index (χ2v) is 8.66. The summed E-state index contributed by atoms with van der Waals surface area (Å²) in [4.78, 5) is 14.2. The Hall–Kier alpha value is -0.450. The minimum atomic E-state index is 0. The lowest BCUT2D eigenvalue weighted by Gasteiger charge is -2.31. The van der Waals surface area contributed by atoms with E-state index in [0.717, 1.165) is 55.3 Å². The maximum Gasteiger partial charge on any atom is 0.194 e. The molecule has 168 valence electrons. The molecule has 0 radical (unpaired) electrons. The largest absolute Gasteiger partial charge is 0.375 e. The predicted octanol–water partition coefficient (Wildman–Crippen LogP) is 4.52. The lowest BCUT2D eigenvalue weighted by Crippen LogP contribution is -2.39. The first kappa shape index (κ1) is 26.6. The van der Waals surface area contributed by atoms with Crippen LogP contribution in [0.3, 0.4) is 0 Å².